The van der Waals surface area contributed by atoms with Crippen molar-refractivity contribution in [2.45, 2.75) is 38.7 Å². The topological polar surface area (TPSA) is 65.1 Å². The molecule has 3 atom stereocenters. The molecule has 2 aliphatic rings. The van der Waals surface area contributed by atoms with Crippen LogP contribution >= 0.6 is 0 Å². The Hall–Kier alpha value is -2.60. The van der Waals surface area contributed by atoms with Crippen LogP contribution in [-0.2, 0) is 20.7 Å². The largest absolute Gasteiger partial charge is 0.469 e. The molecule has 6 nitrogen and oxygen atoms in total. The van der Waals surface area contributed by atoms with E-state index in [-0.39, 0.29) is 24.4 Å². The van der Waals surface area contributed by atoms with Gasteiger partial charge in [-0.2, -0.15) is 0 Å². The first kappa shape index (κ1) is 21.1. The monoisotopic (exact) mass is 399 g/mol. The molecule has 1 aromatic carbocycles. The lowest BCUT2D eigenvalue weighted by Crippen LogP contribution is -2.44. The maximum atomic E-state index is 12.4. The van der Waals surface area contributed by atoms with Crippen molar-refractivity contribution >= 4 is 11.9 Å². The summed E-state index contributed by atoms with van der Waals surface area (Å²) in [5, 5.41) is 0. The standard InChI is InChI=1S/C23H29NO5/c1-6-7-18-13-23(21(12-19(18)25)27-14-28-23)16(3)10-17-9-8-15(2)20(11-17)29-22(26)24(4)5/h6,8-9,11-12,16,18H,1,7,10,13-14H2,2-5H3/t16-,18+,23-/m1/s1. The highest BCUT2D eigenvalue weighted by Gasteiger charge is 2.51. The van der Waals surface area contributed by atoms with Crippen LogP contribution in [0.2, 0.25) is 0 Å². The van der Waals surface area contributed by atoms with Gasteiger partial charge in [-0.15, -0.1) is 6.58 Å². The number of rotatable bonds is 6. The summed E-state index contributed by atoms with van der Waals surface area (Å²) in [5.41, 5.74) is 1.31. The van der Waals surface area contributed by atoms with Gasteiger partial charge < -0.3 is 19.1 Å². The van der Waals surface area contributed by atoms with Gasteiger partial charge in [0.25, 0.3) is 0 Å². The van der Waals surface area contributed by atoms with Crippen molar-refractivity contribution < 1.29 is 23.8 Å². The third-order valence-corrected chi connectivity index (χ3v) is 5.78. The minimum Gasteiger partial charge on any atom is -0.469 e. The summed E-state index contributed by atoms with van der Waals surface area (Å²) >= 11 is 0. The molecule has 0 spiro atoms. The number of aryl methyl sites for hydroxylation is 1. The summed E-state index contributed by atoms with van der Waals surface area (Å²) < 4.78 is 17.2. The first-order valence-electron chi connectivity index (χ1n) is 9.89. The molecular formula is C23H29NO5. The number of carbonyl (C=O) groups excluding carboxylic acids is 2. The zero-order valence-electron chi connectivity index (χ0n) is 17.6. The molecule has 0 aromatic heterocycles. The van der Waals surface area contributed by atoms with Gasteiger partial charge >= 0.3 is 6.09 Å². The van der Waals surface area contributed by atoms with E-state index in [9.17, 15) is 9.59 Å². The highest BCUT2D eigenvalue weighted by molar-refractivity contribution is 5.93. The van der Waals surface area contributed by atoms with Gasteiger partial charge in [-0.05, 0) is 49.3 Å². The fraction of sp³-hybridized carbons (Fsp3) is 0.478. The Morgan fingerprint density at radius 1 is 1.45 bits per heavy atom. The van der Waals surface area contributed by atoms with Crippen LogP contribution in [0, 0.1) is 18.8 Å². The maximum absolute atomic E-state index is 12.4. The Bertz CT molecular complexity index is 844. The maximum Gasteiger partial charge on any atom is 0.414 e. The molecule has 1 fully saturated rings. The van der Waals surface area contributed by atoms with Crippen molar-refractivity contribution in [2.24, 2.45) is 11.8 Å². The Morgan fingerprint density at radius 3 is 2.90 bits per heavy atom. The van der Waals surface area contributed by atoms with E-state index < -0.39 is 11.7 Å². The van der Waals surface area contributed by atoms with Crippen LogP contribution in [0.1, 0.15) is 30.9 Å². The van der Waals surface area contributed by atoms with Gasteiger partial charge in [0.15, 0.2) is 12.6 Å². The van der Waals surface area contributed by atoms with Crippen LogP contribution in [0.3, 0.4) is 0 Å². The molecular weight excluding hydrogens is 370 g/mol. The molecule has 0 bridgehead atoms. The lowest BCUT2D eigenvalue weighted by atomic mass is 9.71. The summed E-state index contributed by atoms with van der Waals surface area (Å²) in [6, 6.07) is 5.88. The van der Waals surface area contributed by atoms with E-state index in [2.05, 4.69) is 13.5 Å². The fourth-order valence-corrected chi connectivity index (χ4v) is 4.00. The van der Waals surface area contributed by atoms with Crippen LogP contribution in [-0.4, -0.2) is 43.3 Å². The highest BCUT2D eigenvalue weighted by atomic mass is 16.7. The summed E-state index contributed by atoms with van der Waals surface area (Å²) in [4.78, 5) is 25.7. The number of ketones is 1. The van der Waals surface area contributed by atoms with Gasteiger partial charge in [0.05, 0.1) is 0 Å². The summed E-state index contributed by atoms with van der Waals surface area (Å²) in [6.07, 6.45) is 4.87. The second kappa shape index (κ2) is 8.41. The average Bonchev–Trinajstić information content (AvgIpc) is 3.08. The highest BCUT2D eigenvalue weighted by Crippen LogP contribution is 2.46. The molecule has 0 unspecified atom stereocenters. The van der Waals surface area contributed by atoms with Crippen molar-refractivity contribution in [3.05, 3.63) is 53.8 Å². The van der Waals surface area contributed by atoms with Crippen LogP contribution in [0.5, 0.6) is 5.75 Å². The molecule has 1 aliphatic carbocycles. The zero-order chi connectivity index (χ0) is 21.2. The van der Waals surface area contributed by atoms with Crippen molar-refractivity contribution in [2.75, 3.05) is 20.9 Å². The van der Waals surface area contributed by atoms with Gasteiger partial charge in [-0.25, -0.2) is 4.79 Å². The average molecular weight is 399 g/mol. The molecule has 1 amide bonds. The summed E-state index contributed by atoms with van der Waals surface area (Å²) in [6.45, 7) is 7.94. The first-order valence-corrected chi connectivity index (χ1v) is 9.89. The Labute approximate surface area is 172 Å². The third-order valence-electron chi connectivity index (χ3n) is 5.78. The summed E-state index contributed by atoms with van der Waals surface area (Å²) in [5.74, 6) is 1.17. The number of nitrogens with zero attached hydrogens (tertiary/aromatic N) is 1. The Morgan fingerprint density at radius 2 is 2.21 bits per heavy atom. The molecule has 1 aromatic rings. The molecule has 0 N–H and O–H groups in total. The number of ether oxygens (including phenoxy) is 3. The van der Waals surface area contributed by atoms with Gasteiger partial charge in [-0.1, -0.05) is 25.1 Å². The normalized spacial score (nSPS) is 24.2. The fourth-order valence-electron chi connectivity index (χ4n) is 4.00. The van der Waals surface area contributed by atoms with E-state index in [1.165, 1.54) is 4.90 Å². The van der Waals surface area contributed by atoms with Gasteiger partial charge in [0.2, 0.25) is 0 Å². The number of fused-ring (bicyclic) bond motifs is 1. The van der Waals surface area contributed by atoms with Gasteiger partial charge in [-0.3, -0.25) is 4.79 Å². The number of amides is 1. The lowest BCUT2D eigenvalue weighted by Gasteiger charge is -2.38. The zero-order valence-corrected chi connectivity index (χ0v) is 17.6. The molecule has 29 heavy (non-hydrogen) atoms. The SMILES string of the molecule is C=CC[C@H]1C[C@]2([C@H](C)Cc3ccc(C)c(OC(=O)N(C)C)c3)OCOC2=CC1=O. The molecule has 1 saturated heterocycles. The van der Waals surface area contributed by atoms with Crippen LogP contribution < -0.4 is 4.74 Å². The predicted octanol–water partition coefficient (Wildman–Crippen LogP) is 4.03. The van der Waals surface area contributed by atoms with Crippen molar-refractivity contribution in [3.63, 3.8) is 0 Å². The number of hydrogen-bond donors (Lipinski definition) is 0. The smallest absolute Gasteiger partial charge is 0.414 e. The van der Waals surface area contributed by atoms with Crippen LogP contribution in [0.15, 0.2) is 42.7 Å². The van der Waals surface area contributed by atoms with Gasteiger partial charge in [0.1, 0.15) is 17.1 Å². The minimum atomic E-state index is -0.618. The lowest BCUT2D eigenvalue weighted by molar-refractivity contribution is -0.123. The predicted molar refractivity (Wildman–Crippen MR) is 110 cm³/mol. The summed E-state index contributed by atoms with van der Waals surface area (Å²) in [7, 11) is 3.30. The van der Waals surface area contributed by atoms with Gasteiger partial charge in [0, 0.05) is 26.1 Å². The number of benzene rings is 1. The van der Waals surface area contributed by atoms with E-state index in [0.717, 1.165) is 11.1 Å². The number of hydrogen-bond acceptors (Lipinski definition) is 5. The molecule has 3 rings (SSSR count). The van der Waals surface area contributed by atoms with E-state index in [1.807, 2.05) is 25.1 Å². The molecule has 0 saturated carbocycles. The molecule has 1 aliphatic heterocycles. The van der Waals surface area contributed by atoms with E-state index in [1.54, 1.807) is 26.2 Å². The Kier molecular flexibility index (Phi) is 6.13. The van der Waals surface area contributed by atoms with Crippen molar-refractivity contribution in [1.29, 1.82) is 0 Å². The molecule has 6 heteroatoms. The second-order valence-electron chi connectivity index (χ2n) is 8.10. The molecule has 156 valence electrons. The Balaban J connectivity index is 1.83. The second-order valence-corrected chi connectivity index (χ2v) is 8.10. The van der Waals surface area contributed by atoms with Crippen molar-refractivity contribution in [3.8, 4) is 5.75 Å². The molecule has 1 heterocycles. The van der Waals surface area contributed by atoms with E-state index in [4.69, 9.17) is 14.2 Å². The van der Waals surface area contributed by atoms with E-state index in [0.29, 0.717) is 30.8 Å². The van der Waals surface area contributed by atoms with Crippen LogP contribution in [0.25, 0.3) is 0 Å². The molecule has 0 radical (unpaired) electrons. The minimum absolute atomic E-state index is 0.0665. The number of allylic oxidation sites excluding steroid dienone is 2. The first-order chi connectivity index (χ1) is 13.8. The van der Waals surface area contributed by atoms with Crippen LogP contribution in [0.4, 0.5) is 4.79 Å². The third kappa shape index (κ3) is 4.22. The number of carbonyl (C=O) groups is 2. The van der Waals surface area contributed by atoms with Crippen molar-refractivity contribution in [1.82, 2.24) is 4.90 Å². The quantitative estimate of drug-likeness (QED) is 0.676. The van der Waals surface area contributed by atoms with E-state index >= 15 is 0 Å².